The van der Waals surface area contributed by atoms with Crippen LogP contribution >= 0.6 is 0 Å². The normalized spacial score (nSPS) is 22.2. The van der Waals surface area contributed by atoms with Crippen molar-refractivity contribution in [2.45, 2.75) is 43.9 Å². The summed E-state index contributed by atoms with van der Waals surface area (Å²) in [5, 5.41) is 18.5. The molecular formula is C32H36N4O6. The van der Waals surface area contributed by atoms with E-state index in [4.69, 9.17) is 30.4 Å². The van der Waals surface area contributed by atoms with E-state index < -0.39 is 36.6 Å². The monoisotopic (exact) mass is 572 g/mol. The van der Waals surface area contributed by atoms with E-state index in [9.17, 15) is 9.90 Å². The van der Waals surface area contributed by atoms with Crippen molar-refractivity contribution in [2.75, 3.05) is 20.3 Å². The second-order valence-corrected chi connectivity index (χ2v) is 10.3. The van der Waals surface area contributed by atoms with E-state index >= 15 is 0 Å². The van der Waals surface area contributed by atoms with Crippen LogP contribution in [-0.2, 0) is 37.0 Å². The largest absolute Gasteiger partial charge is 0.388 e. The number of hydrogen-bond donors (Lipinski definition) is 4. The molecule has 10 heteroatoms. The van der Waals surface area contributed by atoms with Crippen LogP contribution in [0.1, 0.15) is 11.1 Å². The number of methoxy groups -OCH3 is 1. The van der Waals surface area contributed by atoms with Crippen LogP contribution in [0.3, 0.4) is 0 Å². The Balaban J connectivity index is 1.29. The number of hydrogen-bond acceptors (Lipinski definition) is 7. The van der Waals surface area contributed by atoms with Gasteiger partial charge in [-0.1, -0.05) is 72.8 Å². The molecule has 0 bridgehead atoms. The summed E-state index contributed by atoms with van der Waals surface area (Å²) in [6.45, 7) is 0.322. The minimum absolute atomic E-state index is 0.0817. The topological polar surface area (TPSA) is 151 Å². The number of nitrogens with two attached hydrogens (primary N) is 2. The molecule has 1 aliphatic rings. The molecule has 1 amide bonds. The van der Waals surface area contributed by atoms with Gasteiger partial charge in [0.25, 0.3) is 0 Å². The number of carbonyl (C=O) groups is 1. The Bertz CT molecular complexity index is 1540. The lowest BCUT2D eigenvalue weighted by Crippen LogP contribution is -2.65. The van der Waals surface area contributed by atoms with Gasteiger partial charge in [-0.15, -0.1) is 0 Å². The van der Waals surface area contributed by atoms with E-state index in [2.05, 4.69) is 28.5 Å². The van der Waals surface area contributed by atoms with E-state index in [0.717, 1.165) is 32.7 Å². The van der Waals surface area contributed by atoms with Gasteiger partial charge < -0.3 is 40.8 Å². The lowest BCUT2D eigenvalue weighted by atomic mass is 9.96. The lowest BCUT2D eigenvalue weighted by molar-refractivity contribution is -0.279. The van der Waals surface area contributed by atoms with E-state index in [0.29, 0.717) is 6.61 Å². The van der Waals surface area contributed by atoms with Crippen molar-refractivity contribution in [1.82, 2.24) is 5.32 Å². The van der Waals surface area contributed by atoms with Gasteiger partial charge in [0.2, 0.25) is 5.91 Å². The summed E-state index contributed by atoms with van der Waals surface area (Å²) in [4.78, 5) is 16.4. The molecule has 4 aromatic carbocycles. The number of nitrogens with zero attached hydrogens (tertiary/aromatic N) is 1. The van der Waals surface area contributed by atoms with Crippen molar-refractivity contribution in [3.05, 3.63) is 96.1 Å². The molecule has 4 aromatic rings. The highest BCUT2D eigenvalue weighted by atomic mass is 16.7. The number of aliphatic hydroxyl groups excluding tert-OH is 1. The number of nitrogens with one attached hydrogen (secondary N) is 1. The number of rotatable bonds is 11. The van der Waals surface area contributed by atoms with Gasteiger partial charge in [-0.3, -0.25) is 4.79 Å². The van der Waals surface area contributed by atoms with Gasteiger partial charge in [-0.2, -0.15) is 0 Å². The molecule has 1 fully saturated rings. The minimum Gasteiger partial charge on any atom is -0.388 e. The molecule has 1 saturated heterocycles. The molecule has 5 atom stereocenters. The summed E-state index contributed by atoms with van der Waals surface area (Å²) in [5.41, 5.74) is 12.7. The molecule has 42 heavy (non-hydrogen) atoms. The minimum atomic E-state index is -1.11. The SMILES string of the molecule is CO[C@H]1[C@H](O)[C@@H](COCc2ccc3ccccc3c2)OC(OCc2ccc3ccccc3c2)[C@@H]1NC(=O)CN=C(N)N. The Morgan fingerprint density at radius 1 is 0.905 bits per heavy atom. The van der Waals surface area contributed by atoms with Gasteiger partial charge in [0.1, 0.15) is 30.9 Å². The zero-order valence-electron chi connectivity index (χ0n) is 23.4. The number of amides is 1. The molecule has 5 rings (SSSR count). The molecule has 6 N–H and O–H groups in total. The van der Waals surface area contributed by atoms with Gasteiger partial charge >= 0.3 is 0 Å². The number of guanidine groups is 1. The molecule has 1 aliphatic heterocycles. The number of aliphatic imine (C=N–C) groups is 1. The highest BCUT2D eigenvalue weighted by Gasteiger charge is 2.47. The number of carbonyl (C=O) groups excluding carboxylic acids is 1. The van der Waals surface area contributed by atoms with Crippen molar-refractivity contribution < 1.29 is 28.8 Å². The van der Waals surface area contributed by atoms with Crippen molar-refractivity contribution in [1.29, 1.82) is 0 Å². The van der Waals surface area contributed by atoms with Crippen molar-refractivity contribution in [3.8, 4) is 0 Å². The van der Waals surface area contributed by atoms with Crippen LogP contribution in [0, 0.1) is 0 Å². The average Bonchev–Trinajstić information content (AvgIpc) is 3.00. The zero-order chi connectivity index (χ0) is 29.5. The van der Waals surface area contributed by atoms with Crippen LogP contribution in [0.2, 0.25) is 0 Å². The van der Waals surface area contributed by atoms with Crippen molar-refractivity contribution in [3.63, 3.8) is 0 Å². The summed E-state index contributed by atoms with van der Waals surface area (Å²) in [6, 6.07) is 27.5. The van der Waals surface area contributed by atoms with Crippen LogP contribution in [0.4, 0.5) is 0 Å². The fourth-order valence-corrected chi connectivity index (χ4v) is 5.16. The molecule has 0 aliphatic carbocycles. The highest BCUT2D eigenvalue weighted by Crippen LogP contribution is 2.27. The number of fused-ring (bicyclic) bond motifs is 2. The van der Waals surface area contributed by atoms with E-state index in [1.165, 1.54) is 7.11 Å². The molecule has 10 nitrogen and oxygen atoms in total. The standard InChI is InChI=1S/C32H36N4O6/c1-39-30-28(36-27(37)16-35-32(33)34)31(41-18-21-11-13-23-7-3-5-9-25(23)15-21)42-26(29(30)38)19-40-17-20-10-12-22-6-2-4-8-24(22)14-20/h2-15,26,28-31,38H,16-19H2,1H3,(H,36,37)(H4,33,34,35)/t26-,28-,29-,30-,31?/m1/s1. The number of ether oxygens (including phenoxy) is 4. The Hall–Kier alpha value is -4.06. The van der Waals surface area contributed by atoms with Crippen LogP contribution in [0.15, 0.2) is 89.9 Å². The first-order valence-electron chi connectivity index (χ1n) is 13.8. The van der Waals surface area contributed by atoms with Crippen molar-refractivity contribution >= 4 is 33.4 Å². The first-order valence-corrected chi connectivity index (χ1v) is 13.8. The second-order valence-electron chi connectivity index (χ2n) is 10.3. The third-order valence-corrected chi connectivity index (χ3v) is 7.27. The van der Waals surface area contributed by atoms with Gasteiger partial charge in [-0.25, -0.2) is 4.99 Å². The summed E-state index contributed by atoms with van der Waals surface area (Å²) < 4.78 is 24.1. The van der Waals surface area contributed by atoms with Crippen LogP contribution in [0.5, 0.6) is 0 Å². The molecular weight excluding hydrogens is 536 g/mol. The van der Waals surface area contributed by atoms with E-state index in [-0.39, 0.29) is 25.7 Å². The van der Waals surface area contributed by atoms with Crippen LogP contribution in [-0.4, -0.2) is 67.9 Å². The smallest absolute Gasteiger partial charge is 0.242 e. The molecule has 0 saturated carbocycles. The van der Waals surface area contributed by atoms with Crippen molar-refractivity contribution in [2.24, 2.45) is 16.5 Å². The first kappa shape index (κ1) is 29.4. The summed E-state index contributed by atoms with van der Waals surface area (Å²) in [7, 11) is 1.46. The maximum atomic E-state index is 12.7. The number of aliphatic hydroxyl groups is 1. The molecule has 1 unspecified atom stereocenters. The number of benzene rings is 4. The lowest BCUT2D eigenvalue weighted by Gasteiger charge is -2.44. The Labute approximate surface area is 244 Å². The fourth-order valence-electron chi connectivity index (χ4n) is 5.16. The third-order valence-electron chi connectivity index (χ3n) is 7.27. The van der Waals surface area contributed by atoms with E-state index in [1.54, 1.807) is 0 Å². The van der Waals surface area contributed by atoms with Gasteiger partial charge in [-0.05, 0) is 44.8 Å². The highest BCUT2D eigenvalue weighted by molar-refractivity contribution is 5.84. The molecule has 0 aromatic heterocycles. The predicted octanol–water partition coefficient (Wildman–Crippen LogP) is 2.59. The van der Waals surface area contributed by atoms with E-state index in [1.807, 2.05) is 66.7 Å². The summed E-state index contributed by atoms with van der Waals surface area (Å²) in [5.74, 6) is -0.683. The molecule has 0 spiro atoms. The molecule has 1 heterocycles. The maximum Gasteiger partial charge on any atom is 0.242 e. The predicted molar refractivity (Wildman–Crippen MR) is 160 cm³/mol. The zero-order valence-corrected chi connectivity index (χ0v) is 23.4. The molecule has 220 valence electrons. The van der Waals surface area contributed by atoms with Crippen LogP contribution in [0.25, 0.3) is 21.5 Å². The summed E-state index contributed by atoms with van der Waals surface area (Å²) in [6.07, 6.45) is -3.69. The fraction of sp³-hybridized carbons (Fsp3) is 0.312. The second kappa shape index (κ2) is 13.7. The Kier molecular flexibility index (Phi) is 9.63. The average molecular weight is 573 g/mol. The van der Waals surface area contributed by atoms with Gasteiger partial charge in [0.05, 0.1) is 19.8 Å². The first-order chi connectivity index (χ1) is 20.4. The quantitative estimate of drug-likeness (QED) is 0.158. The summed E-state index contributed by atoms with van der Waals surface area (Å²) >= 11 is 0. The van der Waals surface area contributed by atoms with Gasteiger partial charge in [0, 0.05) is 7.11 Å². The van der Waals surface area contributed by atoms with Gasteiger partial charge in [0.15, 0.2) is 12.2 Å². The maximum absolute atomic E-state index is 12.7. The Morgan fingerprint density at radius 3 is 2.10 bits per heavy atom. The Morgan fingerprint density at radius 2 is 1.50 bits per heavy atom. The van der Waals surface area contributed by atoms with Crippen LogP contribution < -0.4 is 16.8 Å². The molecule has 0 radical (unpaired) electrons. The third kappa shape index (κ3) is 7.22.